The molecule has 0 saturated carbocycles. The third-order valence-corrected chi connectivity index (χ3v) is 19.0. The maximum Gasteiger partial charge on any atom is 0.179 e. The Balaban J connectivity index is 1.28. The number of benzene rings is 10. The molecule has 0 unspecified atom stereocenters. The summed E-state index contributed by atoms with van der Waals surface area (Å²) in [4.78, 5) is 7.02. The molecule has 0 amide bonds. The van der Waals surface area contributed by atoms with E-state index in [0.29, 0.717) is 5.02 Å². The van der Waals surface area contributed by atoms with Crippen molar-refractivity contribution in [2.45, 2.75) is 47.0 Å². The Morgan fingerprint density at radius 1 is 0.319 bits per heavy atom. The molecule has 0 heterocycles. The summed E-state index contributed by atoms with van der Waals surface area (Å²) in [6.45, 7) is 13.3. The van der Waals surface area contributed by atoms with Crippen LogP contribution in [-0.4, -0.2) is 8.07 Å². The van der Waals surface area contributed by atoms with E-state index in [9.17, 15) is 0 Å². The Bertz CT molecular complexity index is 3210. The topological polar surface area (TPSA) is 9.72 Å². The van der Waals surface area contributed by atoms with Crippen molar-refractivity contribution in [2.24, 2.45) is 0 Å². The van der Waals surface area contributed by atoms with E-state index in [1.54, 1.807) is 0 Å². The van der Waals surface area contributed by atoms with Crippen LogP contribution >= 0.6 is 11.6 Å². The molecule has 0 atom stereocenters. The van der Waals surface area contributed by atoms with E-state index in [0.717, 1.165) is 56.7 Å². The fourth-order valence-electron chi connectivity index (χ4n) is 10.2. The maximum atomic E-state index is 8.23. The average molecular weight is 971 g/mol. The van der Waals surface area contributed by atoms with Gasteiger partial charge in [0.25, 0.3) is 0 Å². The number of halogens is 1. The average Bonchev–Trinajstić information content (AvgIpc) is 3.41. The summed E-state index contributed by atoms with van der Waals surface area (Å²) >= 11 is 8.23. The molecular formula is C67H60ClN3Si. The molecule has 0 N–H and O–H groups in total. The highest BCUT2D eigenvalue weighted by molar-refractivity contribution is 7.19. The van der Waals surface area contributed by atoms with Crippen LogP contribution in [0.5, 0.6) is 0 Å². The van der Waals surface area contributed by atoms with E-state index < -0.39 is 8.07 Å². The summed E-state index contributed by atoms with van der Waals surface area (Å²) in [5, 5.41) is 5.92. The molecule has 3 nitrogen and oxygen atoms in total. The minimum atomic E-state index is -2.85. The summed E-state index contributed by atoms with van der Waals surface area (Å²) in [7, 11) is -2.85. The second kappa shape index (κ2) is 20.4. The zero-order valence-corrected chi connectivity index (χ0v) is 43.7. The van der Waals surface area contributed by atoms with E-state index in [-0.39, 0.29) is 5.41 Å². The lowest BCUT2D eigenvalue weighted by Crippen LogP contribution is -2.74. The van der Waals surface area contributed by atoms with Crippen LogP contribution in [0.25, 0.3) is 0 Å². The number of anilines is 9. The van der Waals surface area contributed by atoms with Crippen molar-refractivity contribution in [2.75, 3.05) is 14.7 Å². The van der Waals surface area contributed by atoms with Crippen molar-refractivity contribution in [1.29, 1.82) is 0 Å². The highest BCUT2D eigenvalue weighted by atomic mass is 35.5. The van der Waals surface area contributed by atoms with Crippen molar-refractivity contribution < 1.29 is 0 Å². The summed E-state index contributed by atoms with van der Waals surface area (Å²) < 4.78 is 0. The normalized spacial score (nSPS) is 11.5. The first-order valence-electron chi connectivity index (χ1n) is 24.9. The van der Waals surface area contributed by atoms with Crippen LogP contribution in [0.2, 0.25) is 5.02 Å². The van der Waals surface area contributed by atoms with Crippen LogP contribution in [0.1, 0.15) is 43.0 Å². The second-order valence-corrected chi connectivity index (χ2v) is 24.0. The van der Waals surface area contributed by atoms with E-state index in [4.69, 9.17) is 11.6 Å². The molecule has 10 rings (SSSR count). The first kappa shape index (κ1) is 47.8. The van der Waals surface area contributed by atoms with Gasteiger partial charge in [0.15, 0.2) is 8.07 Å². The Kier molecular flexibility index (Phi) is 13.6. The van der Waals surface area contributed by atoms with Gasteiger partial charge in [0, 0.05) is 34.1 Å². The summed E-state index contributed by atoms with van der Waals surface area (Å²) in [6.07, 6.45) is 0. The SMILES string of the molecule is Cc1ccc(N(c2ccc(C)cc2)c2cc(N(c3ccccc3)c3ccccc3)cc(N(c3ccc(C(C)(C)C)cc3)c3ccc([Si](c4ccccc4)(c4ccccc4)c4ccccc4)cc3C)c2Cl)cc1. The molecule has 0 aliphatic carbocycles. The van der Waals surface area contributed by atoms with Crippen LogP contribution in [0.3, 0.4) is 0 Å². The molecule has 10 aromatic rings. The van der Waals surface area contributed by atoms with Gasteiger partial charge in [0.05, 0.1) is 22.1 Å². The Morgan fingerprint density at radius 2 is 0.681 bits per heavy atom. The van der Waals surface area contributed by atoms with Crippen molar-refractivity contribution in [3.8, 4) is 0 Å². The van der Waals surface area contributed by atoms with Gasteiger partial charge in [-0.25, -0.2) is 0 Å². The van der Waals surface area contributed by atoms with Crippen molar-refractivity contribution in [3.05, 3.63) is 282 Å². The number of rotatable bonds is 13. The van der Waals surface area contributed by atoms with Gasteiger partial charge in [-0.1, -0.05) is 219 Å². The number of hydrogen-bond acceptors (Lipinski definition) is 3. The van der Waals surface area contributed by atoms with Gasteiger partial charge in [-0.05, 0) is 137 Å². The highest BCUT2D eigenvalue weighted by Crippen LogP contribution is 2.51. The molecule has 0 aliphatic rings. The smallest absolute Gasteiger partial charge is 0.179 e. The monoisotopic (exact) mass is 969 g/mol. The zero-order valence-electron chi connectivity index (χ0n) is 42.0. The largest absolute Gasteiger partial charge is 0.310 e. The van der Waals surface area contributed by atoms with Gasteiger partial charge < -0.3 is 14.7 Å². The van der Waals surface area contributed by atoms with Crippen LogP contribution < -0.4 is 35.4 Å². The van der Waals surface area contributed by atoms with Gasteiger partial charge in [-0.2, -0.15) is 0 Å². The molecule has 0 spiro atoms. The quantitative estimate of drug-likeness (QED) is 0.0842. The predicted octanol–water partition coefficient (Wildman–Crippen LogP) is 16.3. The van der Waals surface area contributed by atoms with Crippen molar-refractivity contribution in [3.63, 3.8) is 0 Å². The maximum absolute atomic E-state index is 8.23. The predicted molar refractivity (Wildman–Crippen MR) is 312 cm³/mol. The molecule has 0 aromatic heterocycles. The lowest BCUT2D eigenvalue weighted by Gasteiger charge is -2.36. The van der Waals surface area contributed by atoms with Crippen molar-refractivity contribution in [1.82, 2.24) is 0 Å². The zero-order chi connectivity index (χ0) is 49.8. The van der Waals surface area contributed by atoms with Gasteiger partial charge in [0.2, 0.25) is 0 Å². The van der Waals surface area contributed by atoms with Crippen molar-refractivity contribution >= 4 is 91.6 Å². The lowest BCUT2D eigenvalue weighted by molar-refractivity contribution is 0.590. The molecule has 0 saturated heterocycles. The van der Waals surface area contributed by atoms with Crippen LogP contribution in [0, 0.1) is 20.8 Å². The fourth-order valence-corrected chi connectivity index (χ4v) is 15.3. The van der Waals surface area contributed by atoms with Gasteiger partial charge >= 0.3 is 0 Å². The van der Waals surface area contributed by atoms with Crippen LogP contribution in [0.4, 0.5) is 51.2 Å². The van der Waals surface area contributed by atoms with E-state index in [2.05, 4.69) is 311 Å². The van der Waals surface area contributed by atoms with E-state index in [1.165, 1.54) is 37.4 Å². The molecule has 0 aliphatic heterocycles. The number of nitrogens with zero attached hydrogens (tertiary/aromatic N) is 3. The Labute approximate surface area is 432 Å². The Morgan fingerprint density at radius 3 is 1.08 bits per heavy atom. The van der Waals surface area contributed by atoms with Crippen LogP contribution in [0.15, 0.2) is 255 Å². The van der Waals surface area contributed by atoms with E-state index >= 15 is 0 Å². The molecule has 0 bridgehead atoms. The first-order chi connectivity index (χ1) is 35.0. The second-order valence-electron chi connectivity index (χ2n) is 19.8. The standard InChI is InChI=1S/C67H60ClN3Si/c1-49-32-38-55(39-33-49)70(56-40-34-50(2)35-41-56)64-47-58(69(53-22-12-7-13-23-53)54-24-14-8-15-25-54)48-65(66(64)68)71(57-42-36-52(37-43-57)67(4,5)6)63-45-44-62(46-51(63)3)72(59-26-16-9-17-27-59,60-28-18-10-19-29-60)61-30-20-11-21-31-61/h7-48H,1-6H3. The summed E-state index contributed by atoms with van der Waals surface area (Å²) in [6, 6.07) is 92.9. The van der Waals surface area contributed by atoms with Gasteiger partial charge in [-0.15, -0.1) is 0 Å². The molecule has 5 heteroatoms. The van der Waals surface area contributed by atoms with Gasteiger partial charge in [0.1, 0.15) is 0 Å². The molecular weight excluding hydrogens is 910 g/mol. The van der Waals surface area contributed by atoms with Gasteiger partial charge in [-0.3, -0.25) is 0 Å². The minimum absolute atomic E-state index is 0.0413. The Hall–Kier alpha value is -7.89. The number of para-hydroxylation sites is 2. The first-order valence-corrected chi connectivity index (χ1v) is 27.2. The number of hydrogen-bond donors (Lipinski definition) is 0. The van der Waals surface area contributed by atoms with E-state index in [1.807, 2.05) is 0 Å². The molecule has 72 heavy (non-hydrogen) atoms. The third kappa shape index (κ3) is 9.40. The summed E-state index contributed by atoms with van der Waals surface area (Å²) in [5.41, 5.74) is 13.5. The molecule has 0 fully saturated rings. The number of aryl methyl sites for hydroxylation is 3. The molecule has 0 radical (unpaired) electrons. The molecule has 10 aromatic carbocycles. The van der Waals surface area contributed by atoms with Crippen LogP contribution in [-0.2, 0) is 5.41 Å². The summed E-state index contributed by atoms with van der Waals surface area (Å²) in [5.74, 6) is 0. The lowest BCUT2D eigenvalue weighted by atomic mass is 9.87. The molecule has 354 valence electrons. The fraction of sp³-hybridized carbons (Fsp3) is 0.104. The minimum Gasteiger partial charge on any atom is -0.310 e. The third-order valence-electron chi connectivity index (χ3n) is 13.9. The highest BCUT2D eigenvalue weighted by Gasteiger charge is 2.42.